The Morgan fingerprint density at radius 1 is 1.11 bits per heavy atom. The summed E-state index contributed by atoms with van der Waals surface area (Å²) in [5.74, 6) is -1.43. The maximum atomic E-state index is 11.5. The lowest BCUT2D eigenvalue weighted by Gasteiger charge is -2.10. The van der Waals surface area contributed by atoms with Crippen molar-refractivity contribution in [1.29, 1.82) is 0 Å². The third kappa shape index (κ3) is 2.68. The van der Waals surface area contributed by atoms with Crippen molar-refractivity contribution in [1.82, 2.24) is 0 Å². The van der Waals surface area contributed by atoms with Crippen molar-refractivity contribution in [3.8, 4) is 5.75 Å². The summed E-state index contributed by atoms with van der Waals surface area (Å²) in [6.07, 6.45) is 0. The number of aliphatic hydroxyl groups is 1. The quantitative estimate of drug-likeness (QED) is 0.632. The lowest BCUT2D eigenvalue weighted by molar-refractivity contribution is -0.111. The van der Waals surface area contributed by atoms with Crippen LogP contribution in [0.1, 0.15) is 29.8 Å². The molecule has 0 aliphatic heterocycles. The topological polar surface area (TPSA) is 83.8 Å². The zero-order valence-corrected chi connectivity index (χ0v) is 10.4. The van der Waals surface area contributed by atoms with Crippen LogP contribution in [0.3, 0.4) is 0 Å². The van der Waals surface area contributed by atoms with Crippen LogP contribution in [0.2, 0.25) is 0 Å². The number of aliphatic hydroxyl groups excluding tert-OH is 1. The SMILES string of the molecule is COc1ccc(/C(C(C)=O)=C(/C)O)c(C(=O)O)c1. The van der Waals surface area contributed by atoms with Gasteiger partial charge in [0.1, 0.15) is 11.5 Å². The minimum atomic E-state index is -1.19. The van der Waals surface area contributed by atoms with Gasteiger partial charge in [-0.15, -0.1) is 0 Å². The van der Waals surface area contributed by atoms with Crippen LogP contribution in [0, 0.1) is 0 Å². The Kier molecular flexibility index (Phi) is 4.09. The number of hydrogen-bond acceptors (Lipinski definition) is 4. The molecule has 0 amide bonds. The molecule has 5 heteroatoms. The van der Waals surface area contributed by atoms with Gasteiger partial charge in [0.05, 0.1) is 18.2 Å². The Labute approximate surface area is 104 Å². The first-order valence-corrected chi connectivity index (χ1v) is 5.21. The molecule has 0 saturated carbocycles. The first-order valence-electron chi connectivity index (χ1n) is 5.21. The summed E-state index contributed by atoms with van der Waals surface area (Å²) in [7, 11) is 1.42. The first-order chi connectivity index (χ1) is 8.38. The molecule has 0 aliphatic carbocycles. The number of benzene rings is 1. The normalized spacial score (nSPS) is 11.7. The molecule has 96 valence electrons. The van der Waals surface area contributed by atoms with Gasteiger partial charge >= 0.3 is 5.97 Å². The summed E-state index contributed by atoms with van der Waals surface area (Å²) < 4.78 is 4.93. The van der Waals surface area contributed by atoms with Gasteiger partial charge in [-0.05, 0) is 32.0 Å². The maximum Gasteiger partial charge on any atom is 0.336 e. The Morgan fingerprint density at radius 2 is 1.72 bits per heavy atom. The van der Waals surface area contributed by atoms with E-state index in [4.69, 9.17) is 9.84 Å². The molecule has 1 aromatic carbocycles. The standard InChI is InChI=1S/C13H14O5/c1-7(14)12(8(2)15)10-5-4-9(18-3)6-11(10)13(16)17/h4-6,14H,1-3H3,(H,16,17)/b12-7-. The van der Waals surface area contributed by atoms with Crippen LogP contribution in [0.15, 0.2) is 24.0 Å². The average molecular weight is 250 g/mol. The molecule has 0 spiro atoms. The predicted octanol–water partition coefficient (Wildman–Crippen LogP) is 2.27. The van der Waals surface area contributed by atoms with Crippen LogP contribution in [-0.4, -0.2) is 29.1 Å². The number of ketones is 1. The second-order valence-electron chi connectivity index (χ2n) is 3.73. The van der Waals surface area contributed by atoms with E-state index in [1.165, 1.54) is 39.2 Å². The van der Waals surface area contributed by atoms with E-state index in [9.17, 15) is 14.7 Å². The molecule has 0 radical (unpaired) electrons. The Morgan fingerprint density at radius 3 is 2.11 bits per heavy atom. The van der Waals surface area contributed by atoms with Crippen molar-refractivity contribution in [2.24, 2.45) is 0 Å². The summed E-state index contributed by atoms with van der Waals surface area (Å²) in [6, 6.07) is 4.29. The Balaban J connectivity index is 3.54. The second kappa shape index (κ2) is 5.35. The van der Waals surface area contributed by atoms with Crippen LogP contribution >= 0.6 is 0 Å². The van der Waals surface area contributed by atoms with Crippen molar-refractivity contribution < 1.29 is 24.5 Å². The summed E-state index contributed by atoms with van der Waals surface area (Å²) in [4.78, 5) is 22.6. The highest BCUT2D eigenvalue weighted by Gasteiger charge is 2.19. The molecule has 0 aliphatic rings. The van der Waals surface area contributed by atoms with Gasteiger partial charge in [-0.1, -0.05) is 0 Å². The molecule has 0 heterocycles. The van der Waals surface area contributed by atoms with Crippen LogP contribution in [0.5, 0.6) is 5.75 Å². The molecule has 0 saturated heterocycles. The van der Waals surface area contributed by atoms with E-state index in [-0.39, 0.29) is 22.5 Å². The third-order valence-corrected chi connectivity index (χ3v) is 2.44. The van der Waals surface area contributed by atoms with Crippen molar-refractivity contribution in [2.75, 3.05) is 7.11 Å². The van der Waals surface area contributed by atoms with Crippen molar-refractivity contribution >= 4 is 17.3 Å². The molecular weight excluding hydrogens is 236 g/mol. The number of hydrogen-bond donors (Lipinski definition) is 2. The molecule has 1 rings (SSSR count). The zero-order valence-electron chi connectivity index (χ0n) is 10.4. The molecule has 1 aromatic rings. The fraction of sp³-hybridized carbons (Fsp3) is 0.231. The Hall–Kier alpha value is -2.30. The molecule has 0 unspecified atom stereocenters. The highest BCUT2D eigenvalue weighted by Crippen LogP contribution is 2.26. The van der Waals surface area contributed by atoms with Gasteiger partial charge in [-0.25, -0.2) is 4.79 Å². The van der Waals surface area contributed by atoms with Gasteiger partial charge in [0.25, 0.3) is 0 Å². The van der Waals surface area contributed by atoms with E-state index in [2.05, 4.69) is 0 Å². The van der Waals surface area contributed by atoms with Crippen molar-refractivity contribution in [2.45, 2.75) is 13.8 Å². The molecule has 0 aromatic heterocycles. The number of carboxylic acids is 1. The monoisotopic (exact) mass is 250 g/mol. The second-order valence-corrected chi connectivity index (χ2v) is 3.73. The molecular formula is C13H14O5. The predicted molar refractivity (Wildman–Crippen MR) is 65.9 cm³/mol. The molecule has 0 atom stereocenters. The van der Waals surface area contributed by atoms with Crippen LogP contribution in [0.25, 0.3) is 5.57 Å². The van der Waals surface area contributed by atoms with Gasteiger partial charge < -0.3 is 14.9 Å². The van der Waals surface area contributed by atoms with Gasteiger partial charge in [0, 0.05) is 5.56 Å². The smallest absolute Gasteiger partial charge is 0.336 e. The fourth-order valence-electron chi connectivity index (χ4n) is 1.68. The molecule has 0 bridgehead atoms. The maximum absolute atomic E-state index is 11.5. The fourth-order valence-corrected chi connectivity index (χ4v) is 1.68. The van der Waals surface area contributed by atoms with Gasteiger partial charge in [-0.2, -0.15) is 0 Å². The van der Waals surface area contributed by atoms with Gasteiger partial charge in [0.2, 0.25) is 0 Å². The lowest BCUT2D eigenvalue weighted by atomic mass is 9.96. The summed E-state index contributed by atoms with van der Waals surface area (Å²) in [5, 5.41) is 18.6. The molecule has 0 fully saturated rings. The number of methoxy groups -OCH3 is 1. The van der Waals surface area contributed by atoms with Crippen molar-refractivity contribution in [3.63, 3.8) is 0 Å². The van der Waals surface area contributed by atoms with Gasteiger partial charge in [-0.3, -0.25) is 4.79 Å². The number of carbonyl (C=O) groups excluding carboxylic acids is 1. The minimum absolute atomic E-state index is 0.00458. The lowest BCUT2D eigenvalue weighted by Crippen LogP contribution is -2.07. The van der Waals surface area contributed by atoms with Crippen LogP contribution < -0.4 is 4.74 Å². The minimum Gasteiger partial charge on any atom is -0.512 e. The van der Waals surface area contributed by atoms with Gasteiger partial charge in [0.15, 0.2) is 5.78 Å². The number of allylic oxidation sites excluding steroid dienone is 2. The number of ether oxygens (including phenoxy) is 1. The number of Topliss-reactive ketones (excluding diaryl/α,β-unsaturated/α-hetero) is 1. The third-order valence-electron chi connectivity index (χ3n) is 2.44. The highest BCUT2D eigenvalue weighted by atomic mass is 16.5. The summed E-state index contributed by atoms with van der Waals surface area (Å²) in [5.41, 5.74) is 0.0822. The van der Waals surface area contributed by atoms with Crippen LogP contribution in [0.4, 0.5) is 0 Å². The van der Waals surface area contributed by atoms with E-state index in [1.807, 2.05) is 0 Å². The zero-order chi connectivity index (χ0) is 13.9. The summed E-state index contributed by atoms with van der Waals surface area (Å²) in [6.45, 7) is 2.61. The van der Waals surface area contributed by atoms with Crippen molar-refractivity contribution in [3.05, 3.63) is 35.1 Å². The first kappa shape index (κ1) is 13.8. The largest absolute Gasteiger partial charge is 0.512 e. The van der Waals surface area contributed by atoms with E-state index in [0.29, 0.717) is 5.75 Å². The van der Waals surface area contributed by atoms with E-state index < -0.39 is 11.8 Å². The van der Waals surface area contributed by atoms with E-state index in [1.54, 1.807) is 0 Å². The molecule has 2 N–H and O–H groups in total. The summed E-state index contributed by atoms with van der Waals surface area (Å²) >= 11 is 0. The molecule has 18 heavy (non-hydrogen) atoms. The van der Waals surface area contributed by atoms with E-state index in [0.717, 1.165) is 0 Å². The number of carbonyl (C=O) groups is 2. The number of rotatable bonds is 4. The number of carboxylic acid groups (broad SMARTS) is 1. The number of aromatic carboxylic acids is 1. The van der Waals surface area contributed by atoms with E-state index >= 15 is 0 Å². The average Bonchev–Trinajstić information content (AvgIpc) is 2.28. The Bertz CT molecular complexity index is 524. The van der Waals surface area contributed by atoms with Crippen LogP contribution in [-0.2, 0) is 4.79 Å². The highest BCUT2D eigenvalue weighted by molar-refractivity contribution is 6.22. The molecule has 5 nitrogen and oxygen atoms in total.